The summed E-state index contributed by atoms with van der Waals surface area (Å²) in [4.78, 5) is 28.7. The molecule has 0 saturated carbocycles. The smallest absolute Gasteiger partial charge is 0.338 e. The number of hydrogen-bond acceptors (Lipinski definition) is 7. The SMILES string of the molecule is CCOC(=O)c1ccc(N2C(=O)C3NNC(c4ccc(OC)cc4)C3C2c2cccs2)cc1. The Balaban J connectivity index is 1.51. The van der Waals surface area contributed by atoms with Gasteiger partial charge in [-0.3, -0.25) is 4.79 Å². The molecule has 2 aliphatic heterocycles. The molecule has 2 N–H and O–H groups in total. The highest BCUT2D eigenvalue weighted by atomic mass is 32.1. The fourth-order valence-corrected chi connectivity index (χ4v) is 5.64. The van der Waals surface area contributed by atoms with Crippen LogP contribution in [0.15, 0.2) is 66.0 Å². The zero-order chi connectivity index (χ0) is 22.9. The van der Waals surface area contributed by atoms with Gasteiger partial charge in [0.25, 0.3) is 0 Å². The molecule has 4 unspecified atom stereocenters. The molecule has 3 heterocycles. The van der Waals surface area contributed by atoms with Crippen LogP contribution in [0.3, 0.4) is 0 Å². The van der Waals surface area contributed by atoms with E-state index in [1.54, 1.807) is 37.5 Å². The van der Waals surface area contributed by atoms with Crippen LogP contribution in [-0.2, 0) is 9.53 Å². The lowest BCUT2D eigenvalue weighted by Gasteiger charge is -2.30. The highest BCUT2D eigenvalue weighted by Gasteiger charge is 2.56. The van der Waals surface area contributed by atoms with Crippen molar-refractivity contribution in [2.24, 2.45) is 5.92 Å². The predicted octanol–water partition coefficient (Wildman–Crippen LogP) is 3.86. The van der Waals surface area contributed by atoms with E-state index in [-0.39, 0.29) is 35.9 Å². The molecule has 2 saturated heterocycles. The molecule has 2 aliphatic rings. The van der Waals surface area contributed by atoms with Gasteiger partial charge in [0.2, 0.25) is 5.91 Å². The Hall–Kier alpha value is -3.20. The Kier molecular flexibility index (Phi) is 5.88. The lowest BCUT2D eigenvalue weighted by atomic mass is 9.85. The van der Waals surface area contributed by atoms with E-state index in [0.29, 0.717) is 12.2 Å². The average Bonchev–Trinajstić information content (AvgIpc) is 3.58. The van der Waals surface area contributed by atoms with Crippen LogP contribution in [0.25, 0.3) is 0 Å². The van der Waals surface area contributed by atoms with Gasteiger partial charge < -0.3 is 14.4 Å². The molecular formula is C25H25N3O4S. The first-order valence-corrected chi connectivity index (χ1v) is 11.8. The van der Waals surface area contributed by atoms with Crippen LogP contribution >= 0.6 is 11.3 Å². The highest BCUT2D eigenvalue weighted by Crippen LogP contribution is 2.49. The second-order valence-corrected chi connectivity index (χ2v) is 9.01. The predicted molar refractivity (Wildman–Crippen MR) is 126 cm³/mol. The van der Waals surface area contributed by atoms with Crippen molar-refractivity contribution >= 4 is 28.9 Å². The molecule has 2 aromatic carbocycles. The summed E-state index contributed by atoms with van der Waals surface area (Å²) in [6.45, 7) is 2.10. The van der Waals surface area contributed by atoms with E-state index in [1.165, 1.54) is 0 Å². The zero-order valence-corrected chi connectivity index (χ0v) is 19.2. The third-order valence-corrected chi connectivity index (χ3v) is 7.22. The maximum atomic E-state index is 13.6. The molecule has 1 aromatic heterocycles. The standard InChI is InChI=1S/C25H25N3O4S/c1-3-32-25(30)16-6-10-17(11-7-16)28-23(19-5-4-14-33-19)20-21(26-27-22(20)24(28)29)15-8-12-18(31-2)13-9-15/h4-14,20-23,26-27H,3H2,1-2H3. The number of carbonyl (C=O) groups is 2. The van der Waals surface area contributed by atoms with Crippen LogP contribution in [0, 0.1) is 5.92 Å². The lowest BCUT2D eigenvalue weighted by Crippen LogP contribution is -2.41. The van der Waals surface area contributed by atoms with Crippen LogP contribution < -0.4 is 20.5 Å². The summed E-state index contributed by atoms with van der Waals surface area (Å²) in [5.41, 5.74) is 8.91. The molecule has 0 aliphatic carbocycles. The number of nitrogens with zero attached hydrogens (tertiary/aromatic N) is 1. The van der Waals surface area contributed by atoms with Crippen molar-refractivity contribution < 1.29 is 19.1 Å². The number of rotatable bonds is 6. The van der Waals surface area contributed by atoms with Gasteiger partial charge in [0, 0.05) is 16.5 Å². The Bertz CT molecular complexity index is 1130. The molecule has 1 amide bonds. The number of nitrogens with one attached hydrogen (secondary N) is 2. The second-order valence-electron chi connectivity index (χ2n) is 8.03. The Labute approximate surface area is 196 Å². The van der Waals surface area contributed by atoms with Crippen LogP contribution in [0.1, 0.15) is 39.8 Å². The van der Waals surface area contributed by atoms with Gasteiger partial charge in [-0.05, 0) is 60.3 Å². The summed E-state index contributed by atoms with van der Waals surface area (Å²) in [6, 6.07) is 18.5. The van der Waals surface area contributed by atoms with E-state index in [2.05, 4.69) is 16.9 Å². The minimum atomic E-state index is -0.367. The highest BCUT2D eigenvalue weighted by molar-refractivity contribution is 7.10. The summed E-state index contributed by atoms with van der Waals surface area (Å²) in [6.07, 6.45) is 0. The molecule has 2 fully saturated rings. The summed E-state index contributed by atoms with van der Waals surface area (Å²) >= 11 is 1.64. The molecule has 0 spiro atoms. The number of fused-ring (bicyclic) bond motifs is 1. The van der Waals surface area contributed by atoms with E-state index in [4.69, 9.17) is 9.47 Å². The number of thiophene rings is 1. The van der Waals surface area contributed by atoms with Gasteiger partial charge in [-0.25, -0.2) is 15.6 Å². The summed E-state index contributed by atoms with van der Waals surface area (Å²) < 4.78 is 10.4. The maximum Gasteiger partial charge on any atom is 0.338 e. The van der Waals surface area contributed by atoms with Gasteiger partial charge in [-0.2, -0.15) is 0 Å². The van der Waals surface area contributed by atoms with Crippen molar-refractivity contribution in [1.29, 1.82) is 0 Å². The third kappa shape index (κ3) is 3.80. The van der Waals surface area contributed by atoms with E-state index in [9.17, 15) is 9.59 Å². The summed E-state index contributed by atoms with van der Waals surface area (Å²) in [5.74, 6) is 0.413. The molecule has 5 rings (SSSR count). The molecular weight excluding hydrogens is 438 g/mol. The van der Waals surface area contributed by atoms with E-state index in [0.717, 1.165) is 21.9 Å². The van der Waals surface area contributed by atoms with Crippen LogP contribution in [0.5, 0.6) is 5.75 Å². The van der Waals surface area contributed by atoms with Gasteiger partial charge in [-0.15, -0.1) is 11.3 Å². The first-order chi connectivity index (χ1) is 16.1. The van der Waals surface area contributed by atoms with Crippen molar-refractivity contribution in [1.82, 2.24) is 10.9 Å². The molecule has 0 bridgehead atoms. The van der Waals surface area contributed by atoms with Crippen molar-refractivity contribution in [3.63, 3.8) is 0 Å². The van der Waals surface area contributed by atoms with E-state index >= 15 is 0 Å². The number of benzene rings is 2. The van der Waals surface area contributed by atoms with Gasteiger partial charge >= 0.3 is 5.97 Å². The number of hydrogen-bond donors (Lipinski definition) is 2. The molecule has 33 heavy (non-hydrogen) atoms. The maximum absolute atomic E-state index is 13.6. The number of esters is 1. The number of hydrazine groups is 1. The van der Waals surface area contributed by atoms with Crippen molar-refractivity contribution in [2.45, 2.75) is 25.0 Å². The number of methoxy groups -OCH3 is 1. The minimum absolute atomic E-state index is 0.00537. The number of anilines is 1. The minimum Gasteiger partial charge on any atom is -0.497 e. The van der Waals surface area contributed by atoms with Crippen LogP contribution in [0.2, 0.25) is 0 Å². The molecule has 8 heteroatoms. The fraction of sp³-hybridized carbons (Fsp3) is 0.280. The van der Waals surface area contributed by atoms with E-state index in [1.807, 2.05) is 52.7 Å². The van der Waals surface area contributed by atoms with Crippen molar-refractivity contribution in [3.05, 3.63) is 82.0 Å². The normalized spacial score (nSPS) is 24.1. The fourth-order valence-electron chi connectivity index (χ4n) is 4.77. The first-order valence-electron chi connectivity index (χ1n) is 10.9. The zero-order valence-electron chi connectivity index (χ0n) is 18.4. The topological polar surface area (TPSA) is 79.9 Å². The molecule has 0 radical (unpaired) electrons. The molecule has 4 atom stereocenters. The van der Waals surface area contributed by atoms with Crippen LogP contribution in [0.4, 0.5) is 5.69 Å². The number of ether oxygens (including phenoxy) is 2. The second kappa shape index (κ2) is 8.97. The monoisotopic (exact) mass is 463 g/mol. The number of carbonyl (C=O) groups excluding carboxylic acids is 2. The Morgan fingerprint density at radius 3 is 2.39 bits per heavy atom. The third-order valence-electron chi connectivity index (χ3n) is 6.28. The summed E-state index contributed by atoms with van der Waals surface area (Å²) in [7, 11) is 1.65. The van der Waals surface area contributed by atoms with Crippen LogP contribution in [-0.4, -0.2) is 31.6 Å². The van der Waals surface area contributed by atoms with Crippen molar-refractivity contribution in [3.8, 4) is 5.75 Å². The largest absolute Gasteiger partial charge is 0.497 e. The van der Waals surface area contributed by atoms with Gasteiger partial charge in [0.1, 0.15) is 11.8 Å². The average molecular weight is 464 g/mol. The quantitative estimate of drug-likeness (QED) is 0.541. The Morgan fingerprint density at radius 1 is 1.03 bits per heavy atom. The molecule has 7 nitrogen and oxygen atoms in total. The molecule has 3 aromatic rings. The first kappa shape index (κ1) is 21.6. The van der Waals surface area contributed by atoms with Gasteiger partial charge in [0.15, 0.2) is 0 Å². The summed E-state index contributed by atoms with van der Waals surface area (Å²) in [5, 5.41) is 2.04. The lowest BCUT2D eigenvalue weighted by molar-refractivity contribution is -0.119. The van der Waals surface area contributed by atoms with Crippen molar-refractivity contribution in [2.75, 3.05) is 18.6 Å². The molecule has 170 valence electrons. The number of amides is 1. The van der Waals surface area contributed by atoms with Gasteiger partial charge in [-0.1, -0.05) is 18.2 Å². The van der Waals surface area contributed by atoms with Gasteiger partial charge in [0.05, 0.1) is 31.4 Å². The Morgan fingerprint density at radius 2 is 1.76 bits per heavy atom. The van der Waals surface area contributed by atoms with E-state index < -0.39 is 0 Å².